The van der Waals surface area contributed by atoms with E-state index in [0.717, 1.165) is 10.5 Å². The molecule has 4 N–H and O–H groups in total. The van der Waals surface area contributed by atoms with Crippen LogP contribution in [-0.2, 0) is 14.3 Å². The van der Waals surface area contributed by atoms with Gasteiger partial charge in [0, 0.05) is 31.5 Å². The number of imide groups is 1. The van der Waals surface area contributed by atoms with Crippen molar-refractivity contribution in [3.63, 3.8) is 0 Å². The Morgan fingerprint density at radius 3 is 2.58 bits per heavy atom. The van der Waals surface area contributed by atoms with Crippen LogP contribution < -0.4 is 16.4 Å². The molecule has 0 saturated carbocycles. The van der Waals surface area contributed by atoms with E-state index < -0.39 is 30.8 Å². The zero-order valence-corrected chi connectivity index (χ0v) is 20.5. The molecule has 190 valence electrons. The standard InChI is InChI=1S/C23H27N7O6/c1-12-6-7-15(20(31)25-4)8-17(12)28-19-18-13(2)16(9-30(18)27-10-26-19)21(32)29(5)23(34)36-11-35-22(33)14(3)24/h6-10,14H,11,24H2,1-5H3,(H,25,31)(H,26,27,28)/t14-/m0/s1. The third-order valence-electron chi connectivity index (χ3n) is 5.37. The van der Waals surface area contributed by atoms with Crippen molar-refractivity contribution in [1.29, 1.82) is 0 Å². The Balaban J connectivity index is 1.85. The number of aryl methyl sites for hydroxylation is 2. The van der Waals surface area contributed by atoms with E-state index in [1.54, 1.807) is 32.2 Å². The minimum absolute atomic E-state index is 0.182. The van der Waals surface area contributed by atoms with Crippen LogP contribution in [0.15, 0.2) is 30.7 Å². The number of fused-ring (bicyclic) bond motifs is 1. The lowest BCUT2D eigenvalue weighted by atomic mass is 10.1. The summed E-state index contributed by atoms with van der Waals surface area (Å²) in [5.41, 5.74) is 8.53. The Hall–Kier alpha value is -4.52. The fourth-order valence-electron chi connectivity index (χ4n) is 3.27. The summed E-state index contributed by atoms with van der Waals surface area (Å²) in [6.07, 6.45) is 1.76. The lowest BCUT2D eigenvalue weighted by Crippen LogP contribution is -2.35. The SMILES string of the molecule is CNC(=O)c1ccc(C)c(Nc2ncnn3cc(C(=O)N(C)C(=O)OCOC(=O)[C@H](C)N)c(C)c23)c1. The first-order valence-corrected chi connectivity index (χ1v) is 10.8. The summed E-state index contributed by atoms with van der Waals surface area (Å²) in [6, 6.07) is 4.33. The number of rotatable bonds is 7. The molecule has 0 saturated heterocycles. The van der Waals surface area contributed by atoms with Gasteiger partial charge >= 0.3 is 12.1 Å². The summed E-state index contributed by atoms with van der Waals surface area (Å²) < 4.78 is 11.0. The molecule has 36 heavy (non-hydrogen) atoms. The van der Waals surface area contributed by atoms with Crippen LogP contribution in [0.25, 0.3) is 5.52 Å². The van der Waals surface area contributed by atoms with Crippen molar-refractivity contribution >= 4 is 40.9 Å². The lowest BCUT2D eigenvalue weighted by Gasteiger charge is -2.15. The normalized spacial score (nSPS) is 11.5. The second-order valence-corrected chi connectivity index (χ2v) is 7.95. The molecular weight excluding hydrogens is 470 g/mol. The van der Waals surface area contributed by atoms with Crippen LogP contribution in [0.4, 0.5) is 16.3 Å². The number of nitrogens with zero attached hydrogens (tertiary/aromatic N) is 4. The molecule has 0 aliphatic heterocycles. The highest BCUT2D eigenvalue weighted by Crippen LogP contribution is 2.28. The van der Waals surface area contributed by atoms with Gasteiger partial charge in [-0.1, -0.05) is 6.07 Å². The molecule has 0 radical (unpaired) electrons. The van der Waals surface area contributed by atoms with Gasteiger partial charge in [-0.3, -0.25) is 14.4 Å². The number of hydrogen-bond donors (Lipinski definition) is 3. The van der Waals surface area contributed by atoms with Crippen LogP contribution in [0.2, 0.25) is 0 Å². The number of carbonyl (C=O) groups excluding carboxylic acids is 4. The van der Waals surface area contributed by atoms with Gasteiger partial charge in [0.25, 0.3) is 11.8 Å². The van der Waals surface area contributed by atoms with E-state index in [9.17, 15) is 19.2 Å². The zero-order valence-electron chi connectivity index (χ0n) is 20.5. The minimum atomic E-state index is -1.02. The molecule has 3 rings (SSSR count). The maximum absolute atomic E-state index is 13.0. The number of aromatic nitrogens is 3. The van der Waals surface area contributed by atoms with Gasteiger partial charge in [0.2, 0.25) is 6.79 Å². The molecule has 0 fully saturated rings. The first-order chi connectivity index (χ1) is 17.0. The van der Waals surface area contributed by atoms with Crippen molar-refractivity contribution in [2.45, 2.75) is 26.8 Å². The van der Waals surface area contributed by atoms with Gasteiger partial charge in [0.05, 0.1) is 5.56 Å². The molecule has 1 atom stereocenters. The fraction of sp³-hybridized carbons (Fsp3) is 0.304. The molecule has 0 aliphatic carbocycles. The first-order valence-electron chi connectivity index (χ1n) is 10.8. The maximum atomic E-state index is 13.0. The number of esters is 1. The predicted molar refractivity (Wildman–Crippen MR) is 129 cm³/mol. The first kappa shape index (κ1) is 26.1. The van der Waals surface area contributed by atoms with Crippen molar-refractivity contribution in [3.05, 3.63) is 53.0 Å². The van der Waals surface area contributed by atoms with Crippen LogP contribution in [0, 0.1) is 13.8 Å². The van der Waals surface area contributed by atoms with Crippen molar-refractivity contribution in [2.75, 3.05) is 26.2 Å². The molecular formula is C23H27N7O6. The van der Waals surface area contributed by atoms with Gasteiger partial charge in [-0.2, -0.15) is 5.10 Å². The molecule has 0 aliphatic rings. The van der Waals surface area contributed by atoms with E-state index in [0.29, 0.717) is 28.1 Å². The van der Waals surface area contributed by atoms with Gasteiger partial charge < -0.3 is 25.8 Å². The molecule has 13 heteroatoms. The van der Waals surface area contributed by atoms with Crippen LogP contribution >= 0.6 is 0 Å². The van der Waals surface area contributed by atoms with Crippen molar-refractivity contribution in [2.24, 2.45) is 5.73 Å². The number of benzene rings is 1. The van der Waals surface area contributed by atoms with Crippen LogP contribution in [0.3, 0.4) is 0 Å². The highest BCUT2D eigenvalue weighted by molar-refractivity contribution is 6.05. The summed E-state index contributed by atoms with van der Waals surface area (Å²) in [6.45, 7) is 4.31. The highest BCUT2D eigenvalue weighted by atomic mass is 16.7. The number of hydrogen-bond acceptors (Lipinski definition) is 10. The van der Waals surface area contributed by atoms with E-state index in [1.807, 2.05) is 6.92 Å². The Kier molecular flexibility index (Phi) is 7.84. The second kappa shape index (κ2) is 10.8. The monoisotopic (exact) mass is 497 g/mol. The smallest absolute Gasteiger partial charge is 0.419 e. The quantitative estimate of drug-likeness (QED) is 0.321. The Labute approximate surface area is 206 Å². The largest absolute Gasteiger partial charge is 0.427 e. The summed E-state index contributed by atoms with van der Waals surface area (Å²) >= 11 is 0. The Morgan fingerprint density at radius 2 is 1.92 bits per heavy atom. The Bertz CT molecular complexity index is 1330. The average molecular weight is 498 g/mol. The van der Waals surface area contributed by atoms with Gasteiger partial charge in [-0.25, -0.2) is 19.2 Å². The molecule has 0 bridgehead atoms. The van der Waals surface area contributed by atoms with E-state index in [1.165, 1.54) is 31.0 Å². The summed E-state index contributed by atoms with van der Waals surface area (Å²) in [7, 11) is 2.78. The maximum Gasteiger partial charge on any atom is 0.419 e. The molecule has 2 aromatic heterocycles. The third kappa shape index (κ3) is 5.41. The van der Waals surface area contributed by atoms with Crippen LogP contribution in [0.1, 0.15) is 38.8 Å². The van der Waals surface area contributed by atoms with Gasteiger partial charge in [0.1, 0.15) is 17.9 Å². The number of nitrogens with two attached hydrogens (primary N) is 1. The lowest BCUT2D eigenvalue weighted by molar-refractivity contribution is -0.153. The molecule has 0 unspecified atom stereocenters. The van der Waals surface area contributed by atoms with Crippen LogP contribution in [0.5, 0.6) is 0 Å². The van der Waals surface area contributed by atoms with Crippen molar-refractivity contribution in [3.8, 4) is 0 Å². The van der Waals surface area contributed by atoms with E-state index >= 15 is 0 Å². The number of carbonyl (C=O) groups is 4. The molecule has 1 aromatic carbocycles. The molecule has 0 spiro atoms. The summed E-state index contributed by atoms with van der Waals surface area (Å²) in [5, 5.41) is 9.95. The van der Waals surface area contributed by atoms with Gasteiger partial charge in [0.15, 0.2) is 5.82 Å². The number of nitrogens with one attached hydrogen (secondary N) is 2. The second-order valence-electron chi connectivity index (χ2n) is 7.95. The fourth-order valence-corrected chi connectivity index (χ4v) is 3.27. The molecule has 13 nitrogen and oxygen atoms in total. The number of ether oxygens (including phenoxy) is 2. The zero-order chi connectivity index (χ0) is 26.6. The predicted octanol–water partition coefficient (Wildman–Crippen LogP) is 1.51. The van der Waals surface area contributed by atoms with E-state index in [-0.39, 0.29) is 11.5 Å². The molecule has 3 aromatic rings. The topological polar surface area (TPSA) is 170 Å². The highest BCUT2D eigenvalue weighted by Gasteiger charge is 2.25. The third-order valence-corrected chi connectivity index (χ3v) is 5.37. The average Bonchev–Trinajstić information content (AvgIpc) is 3.20. The number of anilines is 2. The minimum Gasteiger partial charge on any atom is -0.427 e. The molecule has 2 heterocycles. The number of amides is 3. The van der Waals surface area contributed by atoms with Gasteiger partial charge in [-0.15, -0.1) is 0 Å². The summed E-state index contributed by atoms with van der Waals surface area (Å²) in [4.78, 5) is 53.8. The van der Waals surface area contributed by atoms with E-state index in [2.05, 4.69) is 20.7 Å². The Morgan fingerprint density at radius 1 is 1.19 bits per heavy atom. The van der Waals surface area contributed by atoms with Crippen molar-refractivity contribution in [1.82, 2.24) is 24.8 Å². The van der Waals surface area contributed by atoms with Gasteiger partial charge in [-0.05, 0) is 44.0 Å². The van der Waals surface area contributed by atoms with Crippen LogP contribution in [-0.4, -0.2) is 70.3 Å². The summed E-state index contributed by atoms with van der Waals surface area (Å²) in [5.74, 6) is -1.25. The van der Waals surface area contributed by atoms with E-state index in [4.69, 9.17) is 15.2 Å². The molecule has 3 amide bonds. The van der Waals surface area contributed by atoms with Crippen molar-refractivity contribution < 1.29 is 28.7 Å².